The van der Waals surface area contributed by atoms with E-state index in [1.54, 1.807) is 24.3 Å². The second-order valence-electron chi connectivity index (χ2n) is 5.74. The average molecular weight is 415 g/mol. The van der Waals surface area contributed by atoms with Gasteiger partial charge in [-0.25, -0.2) is 9.79 Å². The molecule has 0 saturated heterocycles. The SMILES string of the molecule is C=CCOc1c(/C=C2\N=C(c3cc([N+](=O)[O-])ccc3Cl)OC2=O)cccc1OC. The first-order valence-corrected chi connectivity index (χ1v) is 8.70. The highest BCUT2D eigenvalue weighted by atomic mass is 35.5. The van der Waals surface area contributed by atoms with Gasteiger partial charge in [0.15, 0.2) is 17.2 Å². The van der Waals surface area contributed by atoms with E-state index in [4.69, 9.17) is 25.8 Å². The fourth-order valence-electron chi connectivity index (χ4n) is 2.57. The van der Waals surface area contributed by atoms with Gasteiger partial charge < -0.3 is 14.2 Å². The molecule has 3 rings (SSSR count). The molecule has 0 spiro atoms. The number of carbonyl (C=O) groups excluding carboxylic acids is 1. The van der Waals surface area contributed by atoms with Crippen LogP contribution in [0.5, 0.6) is 11.5 Å². The lowest BCUT2D eigenvalue weighted by molar-refractivity contribution is -0.384. The van der Waals surface area contributed by atoms with Gasteiger partial charge >= 0.3 is 5.97 Å². The van der Waals surface area contributed by atoms with Crippen molar-refractivity contribution in [2.24, 2.45) is 4.99 Å². The second-order valence-corrected chi connectivity index (χ2v) is 6.14. The third kappa shape index (κ3) is 4.27. The number of esters is 1. The number of cyclic esters (lactones) is 1. The Labute approximate surface area is 170 Å². The Hall–Kier alpha value is -3.65. The standard InChI is InChI=1S/C20H15ClN2O6/c1-3-9-28-18-12(5-4-6-17(18)27-2)10-16-20(24)29-19(22-16)14-11-13(23(25)26)7-8-15(14)21/h3-8,10-11H,1,9H2,2H3/b16-10-. The van der Waals surface area contributed by atoms with Crippen molar-refractivity contribution >= 4 is 35.2 Å². The molecule has 0 bridgehead atoms. The number of nitro groups is 1. The zero-order valence-electron chi connectivity index (χ0n) is 15.3. The molecule has 2 aromatic rings. The summed E-state index contributed by atoms with van der Waals surface area (Å²) in [7, 11) is 1.50. The summed E-state index contributed by atoms with van der Waals surface area (Å²) in [6, 6.07) is 8.95. The number of ether oxygens (including phenoxy) is 3. The molecule has 0 saturated carbocycles. The van der Waals surface area contributed by atoms with Crippen LogP contribution in [-0.2, 0) is 9.53 Å². The lowest BCUT2D eigenvalue weighted by Gasteiger charge is -2.12. The Morgan fingerprint density at radius 1 is 1.34 bits per heavy atom. The maximum Gasteiger partial charge on any atom is 0.363 e. The number of nitro benzene ring substituents is 1. The largest absolute Gasteiger partial charge is 0.493 e. The molecule has 0 radical (unpaired) electrons. The van der Waals surface area contributed by atoms with Crippen LogP contribution in [0.2, 0.25) is 5.02 Å². The predicted octanol–water partition coefficient (Wildman–Crippen LogP) is 4.17. The maximum atomic E-state index is 12.3. The molecule has 148 valence electrons. The van der Waals surface area contributed by atoms with Gasteiger partial charge in [0.05, 0.1) is 22.6 Å². The summed E-state index contributed by atoms with van der Waals surface area (Å²) >= 11 is 6.10. The molecule has 1 aliphatic heterocycles. The summed E-state index contributed by atoms with van der Waals surface area (Å²) < 4.78 is 16.1. The molecule has 0 aromatic heterocycles. The van der Waals surface area contributed by atoms with Crippen LogP contribution in [0.3, 0.4) is 0 Å². The van der Waals surface area contributed by atoms with Crippen LogP contribution in [0.1, 0.15) is 11.1 Å². The van der Waals surface area contributed by atoms with Gasteiger partial charge in [0.2, 0.25) is 5.90 Å². The minimum absolute atomic E-state index is 0.0146. The minimum Gasteiger partial charge on any atom is -0.493 e. The number of non-ortho nitro benzene ring substituents is 1. The van der Waals surface area contributed by atoms with Crippen LogP contribution in [0.4, 0.5) is 5.69 Å². The molecule has 2 aromatic carbocycles. The molecule has 29 heavy (non-hydrogen) atoms. The zero-order valence-corrected chi connectivity index (χ0v) is 16.0. The summed E-state index contributed by atoms with van der Waals surface area (Å²) in [5.41, 5.74) is 0.465. The summed E-state index contributed by atoms with van der Waals surface area (Å²) in [5.74, 6) is 0.0391. The molecule has 0 fully saturated rings. The van der Waals surface area contributed by atoms with Crippen LogP contribution in [-0.4, -0.2) is 30.5 Å². The molecule has 0 amide bonds. The highest BCUT2D eigenvalue weighted by molar-refractivity contribution is 6.34. The molecule has 9 heteroatoms. The highest BCUT2D eigenvalue weighted by Crippen LogP contribution is 2.34. The molecule has 1 heterocycles. The van der Waals surface area contributed by atoms with Crippen LogP contribution >= 0.6 is 11.6 Å². The van der Waals surface area contributed by atoms with E-state index in [0.717, 1.165) is 0 Å². The Bertz CT molecular complexity index is 1060. The molecular formula is C20H15ClN2O6. The predicted molar refractivity (Wildman–Crippen MR) is 107 cm³/mol. The van der Waals surface area contributed by atoms with Gasteiger partial charge in [-0.15, -0.1) is 0 Å². The number of rotatable bonds is 7. The van der Waals surface area contributed by atoms with Crippen molar-refractivity contribution in [1.29, 1.82) is 0 Å². The van der Waals surface area contributed by atoms with Gasteiger partial charge in [-0.3, -0.25) is 10.1 Å². The monoisotopic (exact) mass is 414 g/mol. The first-order chi connectivity index (χ1) is 13.9. The second kappa shape index (κ2) is 8.57. The number of nitrogens with zero attached hydrogens (tertiary/aromatic N) is 2. The number of halogens is 1. The van der Waals surface area contributed by atoms with Crippen molar-refractivity contribution in [2.45, 2.75) is 0 Å². The summed E-state index contributed by atoms with van der Waals surface area (Å²) in [6.07, 6.45) is 3.05. The van der Waals surface area contributed by atoms with E-state index in [0.29, 0.717) is 17.1 Å². The average Bonchev–Trinajstić information content (AvgIpc) is 3.07. The van der Waals surface area contributed by atoms with Gasteiger partial charge in [0, 0.05) is 17.7 Å². The van der Waals surface area contributed by atoms with Crippen LogP contribution in [0.15, 0.2) is 59.7 Å². The first-order valence-electron chi connectivity index (χ1n) is 8.32. The van der Waals surface area contributed by atoms with Gasteiger partial charge in [-0.05, 0) is 18.2 Å². The van der Waals surface area contributed by atoms with Gasteiger partial charge in [-0.2, -0.15) is 0 Å². The lowest BCUT2D eigenvalue weighted by atomic mass is 10.1. The summed E-state index contributed by atoms with van der Waals surface area (Å²) in [5, 5.41) is 11.2. The fraction of sp³-hybridized carbons (Fsp3) is 0.100. The van der Waals surface area contributed by atoms with Crippen molar-refractivity contribution in [2.75, 3.05) is 13.7 Å². The van der Waals surface area contributed by atoms with Crippen molar-refractivity contribution in [3.05, 3.63) is 81.0 Å². The molecule has 0 aliphatic carbocycles. The molecule has 0 N–H and O–H groups in total. The van der Waals surface area contributed by atoms with Crippen molar-refractivity contribution in [1.82, 2.24) is 0 Å². The van der Waals surface area contributed by atoms with Crippen molar-refractivity contribution < 1.29 is 23.9 Å². The molecule has 0 atom stereocenters. The Balaban J connectivity index is 2.03. The zero-order chi connectivity index (χ0) is 21.0. The van der Waals surface area contributed by atoms with E-state index >= 15 is 0 Å². The van der Waals surface area contributed by atoms with Gasteiger partial charge in [0.25, 0.3) is 5.69 Å². The number of benzene rings is 2. The van der Waals surface area contributed by atoms with Crippen molar-refractivity contribution in [3.8, 4) is 11.5 Å². The highest BCUT2D eigenvalue weighted by Gasteiger charge is 2.27. The van der Waals surface area contributed by atoms with E-state index < -0.39 is 10.9 Å². The van der Waals surface area contributed by atoms with Crippen LogP contribution < -0.4 is 9.47 Å². The number of hydrogen-bond donors (Lipinski definition) is 0. The maximum absolute atomic E-state index is 12.3. The third-order valence-electron chi connectivity index (χ3n) is 3.88. The Morgan fingerprint density at radius 2 is 2.14 bits per heavy atom. The van der Waals surface area contributed by atoms with Crippen LogP contribution in [0, 0.1) is 10.1 Å². The smallest absolute Gasteiger partial charge is 0.363 e. The normalized spacial score (nSPS) is 14.3. The van der Waals surface area contributed by atoms with Gasteiger partial charge in [0.1, 0.15) is 6.61 Å². The molecule has 0 unspecified atom stereocenters. The van der Waals surface area contributed by atoms with E-state index in [-0.39, 0.29) is 34.5 Å². The number of carbonyl (C=O) groups is 1. The Morgan fingerprint density at radius 3 is 2.83 bits per heavy atom. The quantitative estimate of drug-likeness (QED) is 0.221. The molecule has 1 aliphatic rings. The van der Waals surface area contributed by atoms with Crippen molar-refractivity contribution in [3.63, 3.8) is 0 Å². The first kappa shape index (κ1) is 20.1. The summed E-state index contributed by atoms with van der Waals surface area (Å²) in [6.45, 7) is 3.84. The van der Waals surface area contributed by atoms with Crippen LogP contribution in [0.25, 0.3) is 6.08 Å². The third-order valence-corrected chi connectivity index (χ3v) is 4.21. The topological polar surface area (TPSA) is 100 Å². The fourth-order valence-corrected chi connectivity index (χ4v) is 2.76. The number of para-hydroxylation sites is 1. The van der Waals surface area contributed by atoms with Gasteiger partial charge in [-0.1, -0.05) is 36.4 Å². The van der Waals surface area contributed by atoms with E-state index in [1.165, 1.54) is 31.4 Å². The molecule has 8 nitrogen and oxygen atoms in total. The Kier molecular flexibility index (Phi) is 5.94. The van der Waals surface area contributed by atoms with E-state index in [1.807, 2.05) is 0 Å². The number of methoxy groups -OCH3 is 1. The van der Waals surface area contributed by atoms with E-state index in [2.05, 4.69) is 11.6 Å². The summed E-state index contributed by atoms with van der Waals surface area (Å²) in [4.78, 5) is 26.9. The molecular weight excluding hydrogens is 400 g/mol. The van der Waals surface area contributed by atoms with E-state index in [9.17, 15) is 14.9 Å². The number of hydrogen-bond acceptors (Lipinski definition) is 7. The number of aliphatic imine (C=N–C) groups is 1. The lowest BCUT2D eigenvalue weighted by Crippen LogP contribution is -2.06. The minimum atomic E-state index is -0.722.